The molecule has 1 aromatic carbocycles. The van der Waals surface area contributed by atoms with Gasteiger partial charge in [-0.25, -0.2) is 0 Å². The quantitative estimate of drug-likeness (QED) is 0.299. The van der Waals surface area contributed by atoms with Crippen molar-refractivity contribution in [3.63, 3.8) is 0 Å². The maximum Gasteiger partial charge on any atom is 0.127 e. The summed E-state index contributed by atoms with van der Waals surface area (Å²) in [5.74, 6) is 1.27. The molecule has 0 radical (unpaired) electrons. The fourth-order valence-corrected chi connectivity index (χ4v) is 3.94. The summed E-state index contributed by atoms with van der Waals surface area (Å²) in [5.41, 5.74) is 4.33. The number of aromatic hydroxyl groups is 1. The van der Waals surface area contributed by atoms with Crippen LogP contribution in [0.15, 0.2) is 41.1 Å². The average molecular weight is 372 g/mol. The summed E-state index contributed by atoms with van der Waals surface area (Å²) in [6.45, 7) is 10.9. The largest absolute Gasteiger partial charge is 0.507 e. The van der Waals surface area contributed by atoms with Crippen molar-refractivity contribution in [2.75, 3.05) is 13.2 Å². The number of hydrogen-bond donors (Lipinski definition) is 1. The van der Waals surface area contributed by atoms with Crippen LogP contribution in [0.5, 0.6) is 11.5 Å². The molecule has 0 aliphatic heterocycles. The van der Waals surface area contributed by atoms with E-state index in [0.717, 1.165) is 55.2 Å². The van der Waals surface area contributed by atoms with Gasteiger partial charge in [0.25, 0.3) is 0 Å². The number of aryl methyl sites for hydroxylation is 1. The smallest absolute Gasteiger partial charge is 0.127 e. The van der Waals surface area contributed by atoms with Crippen LogP contribution in [-0.4, -0.2) is 18.3 Å². The molecule has 2 rings (SSSR count). The molecule has 0 saturated carbocycles. The number of hydrogen-bond acceptors (Lipinski definition) is 4. The highest BCUT2D eigenvalue weighted by Gasteiger charge is 2.30. The molecule has 148 valence electrons. The lowest BCUT2D eigenvalue weighted by Crippen LogP contribution is -2.18. The zero-order valence-corrected chi connectivity index (χ0v) is 17.0. The van der Waals surface area contributed by atoms with Crippen LogP contribution in [0, 0.1) is 10.8 Å². The highest BCUT2D eigenvalue weighted by molar-refractivity contribution is 5.52. The van der Waals surface area contributed by atoms with Gasteiger partial charge in [0.05, 0.1) is 0 Å². The van der Waals surface area contributed by atoms with Crippen molar-refractivity contribution in [2.45, 2.75) is 65.2 Å². The van der Waals surface area contributed by atoms with Crippen molar-refractivity contribution >= 4 is 0 Å². The molecule has 4 heteroatoms. The maximum absolute atomic E-state index is 10.9. The zero-order valence-electron chi connectivity index (χ0n) is 17.0. The van der Waals surface area contributed by atoms with Gasteiger partial charge in [-0.2, -0.15) is 4.91 Å². The third kappa shape index (κ3) is 5.69. The van der Waals surface area contributed by atoms with Crippen LogP contribution in [0.2, 0.25) is 0 Å². The minimum Gasteiger partial charge on any atom is -0.507 e. The molecular weight excluding hydrogens is 338 g/mol. The molecule has 2 unspecified atom stereocenters. The summed E-state index contributed by atoms with van der Waals surface area (Å²) in [7, 11) is 0. The molecule has 0 aromatic heterocycles. The lowest BCUT2D eigenvalue weighted by molar-refractivity contribution is 0.315. The van der Waals surface area contributed by atoms with Gasteiger partial charge in [0.15, 0.2) is 0 Å². The van der Waals surface area contributed by atoms with Crippen LogP contribution in [0.3, 0.4) is 0 Å². The summed E-state index contributed by atoms with van der Waals surface area (Å²) >= 11 is 0. The molecule has 0 amide bonds. The molecule has 27 heavy (non-hydrogen) atoms. The third-order valence-corrected chi connectivity index (χ3v) is 5.40. The van der Waals surface area contributed by atoms with Crippen molar-refractivity contribution in [1.29, 1.82) is 0 Å². The fraction of sp³-hybridized carbons (Fsp3) is 0.565. The van der Waals surface area contributed by atoms with Crippen molar-refractivity contribution in [1.82, 2.24) is 0 Å². The van der Waals surface area contributed by atoms with Crippen LogP contribution >= 0.6 is 0 Å². The highest BCUT2D eigenvalue weighted by Crippen LogP contribution is 2.47. The molecule has 1 aliphatic carbocycles. The first kappa shape index (κ1) is 21.2. The molecule has 2 atom stereocenters. The third-order valence-electron chi connectivity index (χ3n) is 5.40. The molecule has 1 aliphatic rings. The van der Waals surface area contributed by atoms with Gasteiger partial charge in [0, 0.05) is 11.5 Å². The van der Waals surface area contributed by atoms with Crippen LogP contribution in [-0.2, 0) is 6.42 Å². The zero-order chi connectivity index (χ0) is 19.8. The maximum atomic E-state index is 10.9. The number of benzene rings is 1. The molecule has 0 saturated heterocycles. The van der Waals surface area contributed by atoms with E-state index < -0.39 is 0 Å². The molecular formula is C23H33NO3. The standard InChI is InChI=1S/C23H33NO3/c1-5-6-7-8-18-14-21(25)23(22(15-18)27-12-11-24-26)20-13-17(4)9-10-19(20)16(2)3/h13-15,19-20,25H,2,5-12H2,1,3-4H3. The number of phenols is 1. The van der Waals surface area contributed by atoms with Crippen molar-refractivity contribution < 1.29 is 9.84 Å². The highest BCUT2D eigenvalue weighted by atomic mass is 16.5. The van der Waals surface area contributed by atoms with E-state index in [1.807, 2.05) is 12.1 Å². The molecule has 1 aromatic rings. The second-order valence-corrected chi connectivity index (χ2v) is 7.72. The number of nitrogens with zero attached hydrogens (tertiary/aromatic N) is 1. The van der Waals surface area contributed by atoms with Crippen LogP contribution < -0.4 is 4.74 Å². The van der Waals surface area contributed by atoms with E-state index in [1.165, 1.54) is 5.57 Å². The van der Waals surface area contributed by atoms with Crippen LogP contribution in [0.1, 0.15) is 69.9 Å². The lowest BCUT2D eigenvalue weighted by atomic mass is 9.73. The number of ether oxygens (including phenoxy) is 1. The average Bonchev–Trinajstić information content (AvgIpc) is 2.61. The molecule has 1 N–H and O–H groups in total. The topological polar surface area (TPSA) is 58.9 Å². The molecule has 0 fully saturated rings. The predicted molar refractivity (Wildman–Crippen MR) is 112 cm³/mol. The Kier molecular flexibility index (Phi) is 8.08. The summed E-state index contributed by atoms with van der Waals surface area (Å²) in [6, 6.07) is 3.91. The first-order valence-electron chi connectivity index (χ1n) is 10.1. The predicted octanol–water partition coefficient (Wildman–Crippen LogP) is 6.29. The Labute approximate surface area is 163 Å². The first-order valence-corrected chi connectivity index (χ1v) is 10.1. The van der Waals surface area contributed by atoms with Gasteiger partial charge in [0.2, 0.25) is 0 Å². The van der Waals surface area contributed by atoms with Gasteiger partial charge in [0.1, 0.15) is 24.7 Å². The Bertz CT molecular complexity index is 693. The number of unbranched alkanes of at least 4 members (excludes halogenated alkanes) is 2. The molecule has 4 nitrogen and oxygen atoms in total. The number of allylic oxidation sites excluding steroid dienone is 3. The van der Waals surface area contributed by atoms with E-state index in [1.54, 1.807) is 0 Å². The van der Waals surface area contributed by atoms with Gasteiger partial charge in [-0.05, 0) is 63.1 Å². The Morgan fingerprint density at radius 2 is 2.15 bits per heavy atom. The Hall–Kier alpha value is -2.10. The van der Waals surface area contributed by atoms with Gasteiger partial charge < -0.3 is 9.84 Å². The summed E-state index contributed by atoms with van der Waals surface area (Å²) in [6.07, 6.45) is 8.62. The second-order valence-electron chi connectivity index (χ2n) is 7.72. The Morgan fingerprint density at radius 1 is 1.37 bits per heavy atom. The fourth-order valence-electron chi connectivity index (χ4n) is 3.94. The molecule has 0 heterocycles. The normalized spacial score (nSPS) is 19.4. The van der Waals surface area contributed by atoms with Gasteiger partial charge in [-0.15, -0.1) is 0 Å². The second kappa shape index (κ2) is 10.3. The minimum atomic E-state index is 0.0418. The lowest BCUT2D eigenvalue weighted by Gasteiger charge is -2.32. The monoisotopic (exact) mass is 371 g/mol. The van der Waals surface area contributed by atoms with E-state index in [4.69, 9.17) is 4.74 Å². The van der Waals surface area contributed by atoms with E-state index in [9.17, 15) is 10.0 Å². The first-order chi connectivity index (χ1) is 13.0. The number of rotatable bonds is 10. The molecule has 0 spiro atoms. The Balaban J connectivity index is 2.43. The van der Waals surface area contributed by atoms with E-state index >= 15 is 0 Å². The van der Waals surface area contributed by atoms with E-state index in [-0.39, 0.29) is 30.7 Å². The van der Waals surface area contributed by atoms with E-state index in [0.29, 0.717) is 5.75 Å². The summed E-state index contributed by atoms with van der Waals surface area (Å²) in [4.78, 5) is 10.5. The van der Waals surface area contributed by atoms with Crippen LogP contribution in [0.4, 0.5) is 0 Å². The number of nitroso groups, excluding NO2 is 1. The SMILES string of the molecule is C=C(C)C1CCC(C)=CC1c1c(O)cc(CCCCC)cc1OCCN=O. The Morgan fingerprint density at radius 3 is 2.81 bits per heavy atom. The molecule has 0 bridgehead atoms. The minimum absolute atomic E-state index is 0.0418. The van der Waals surface area contributed by atoms with Gasteiger partial charge in [-0.1, -0.05) is 48.7 Å². The van der Waals surface area contributed by atoms with E-state index in [2.05, 4.69) is 38.6 Å². The van der Waals surface area contributed by atoms with Gasteiger partial charge >= 0.3 is 0 Å². The van der Waals surface area contributed by atoms with Gasteiger partial charge in [-0.3, -0.25) is 0 Å². The number of phenolic OH excluding ortho intramolecular Hbond substituents is 1. The van der Waals surface area contributed by atoms with Crippen LogP contribution in [0.25, 0.3) is 0 Å². The van der Waals surface area contributed by atoms with Crippen molar-refractivity contribution in [3.8, 4) is 11.5 Å². The summed E-state index contributed by atoms with van der Waals surface area (Å²) in [5, 5.41) is 13.8. The van der Waals surface area contributed by atoms with Crippen molar-refractivity contribution in [2.24, 2.45) is 11.1 Å². The summed E-state index contributed by atoms with van der Waals surface area (Å²) < 4.78 is 5.91. The van der Waals surface area contributed by atoms with Crippen molar-refractivity contribution in [3.05, 3.63) is 52.0 Å².